The van der Waals surface area contributed by atoms with Crippen molar-refractivity contribution in [1.29, 1.82) is 0 Å². The summed E-state index contributed by atoms with van der Waals surface area (Å²) in [4.78, 5) is 2.53. The topological polar surface area (TPSA) is 12.5 Å². The van der Waals surface area contributed by atoms with Crippen molar-refractivity contribution < 1.29 is 4.74 Å². The maximum absolute atomic E-state index is 5.86. The van der Waals surface area contributed by atoms with Crippen molar-refractivity contribution in [3.63, 3.8) is 0 Å². The fourth-order valence-corrected chi connectivity index (χ4v) is 3.56. The molecule has 0 aromatic heterocycles. The van der Waals surface area contributed by atoms with Crippen LogP contribution < -0.4 is 0 Å². The molecule has 2 heteroatoms. The molecule has 3 atom stereocenters. The Morgan fingerprint density at radius 1 is 1.29 bits per heavy atom. The molecule has 2 nitrogen and oxygen atoms in total. The van der Waals surface area contributed by atoms with Gasteiger partial charge in [-0.3, -0.25) is 4.90 Å². The molecule has 2 rings (SSSR count). The SMILES string of the molecule is C=CC1CN(CC(C)Cc2ccc(C(C)(C)CC)cc2)CC(C)O1. The quantitative estimate of drug-likeness (QED) is 0.664. The summed E-state index contributed by atoms with van der Waals surface area (Å²) in [5.41, 5.74) is 3.16. The summed E-state index contributed by atoms with van der Waals surface area (Å²) < 4.78 is 5.86. The molecule has 0 N–H and O–H groups in total. The lowest BCUT2D eigenvalue weighted by Crippen LogP contribution is -2.47. The highest BCUT2D eigenvalue weighted by atomic mass is 16.5. The monoisotopic (exact) mass is 329 g/mol. The number of hydrogen-bond donors (Lipinski definition) is 0. The summed E-state index contributed by atoms with van der Waals surface area (Å²) in [6, 6.07) is 9.27. The Bertz CT molecular complexity index is 519. The molecule has 134 valence electrons. The van der Waals surface area contributed by atoms with Crippen molar-refractivity contribution in [3.05, 3.63) is 48.0 Å². The fourth-order valence-electron chi connectivity index (χ4n) is 3.56. The summed E-state index contributed by atoms with van der Waals surface area (Å²) in [6.07, 6.45) is 4.71. The normalized spacial score (nSPS) is 23.9. The predicted molar refractivity (Wildman–Crippen MR) is 104 cm³/mol. The van der Waals surface area contributed by atoms with Crippen LogP contribution in [0.2, 0.25) is 0 Å². The third kappa shape index (κ3) is 5.19. The largest absolute Gasteiger partial charge is 0.369 e. The standard InChI is InChI=1S/C22H35NO/c1-7-21-16-23(15-18(4)24-21)14-17(3)13-19-9-11-20(12-10-19)22(5,6)8-2/h7,9-12,17-18,21H,1,8,13-16H2,2-6H3. The maximum atomic E-state index is 5.86. The van der Waals surface area contributed by atoms with Crippen LogP contribution >= 0.6 is 0 Å². The third-order valence-electron chi connectivity index (χ3n) is 5.40. The average Bonchev–Trinajstić information content (AvgIpc) is 2.54. The second-order valence-electron chi connectivity index (χ2n) is 8.18. The van der Waals surface area contributed by atoms with E-state index in [1.165, 1.54) is 17.5 Å². The van der Waals surface area contributed by atoms with E-state index in [0.29, 0.717) is 12.0 Å². The summed E-state index contributed by atoms with van der Waals surface area (Å²) in [7, 11) is 0. The Hall–Kier alpha value is -1.12. The van der Waals surface area contributed by atoms with Crippen LogP contribution in [0, 0.1) is 5.92 Å². The Balaban J connectivity index is 1.90. The number of ether oxygens (including phenoxy) is 1. The molecule has 1 aliphatic heterocycles. The van der Waals surface area contributed by atoms with Gasteiger partial charge >= 0.3 is 0 Å². The molecule has 1 aliphatic rings. The minimum Gasteiger partial charge on any atom is -0.369 e. The van der Waals surface area contributed by atoms with Crippen LogP contribution in [-0.2, 0) is 16.6 Å². The van der Waals surface area contributed by atoms with E-state index in [2.05, 4.69) is 70.4 Å². The summed E-state index contributed by atoms with van der Waals surface area (Å²) in [5, 5.41) is 0. The van der Waals surface area contributed by atoms with Gasteiger partial charge in [-0.25, -0.2) is 0 Å². The van der Waals surface area contributed by atoms with Gasteiger partial charge in [0.2, 0.25) is 0 Å². The first-order chi connectivity index (χ1) is 11.3. The van der Waals surface area contributed by atoms with Crippen LogP contribution in [0.25, 0.3) is 0 Å². The van der Waals surface area contributed by atoms with Gasteiger partial charge in [0.15, 0.2) is 0 Å². The minimum atomic E-state index is 0.177. The van der Waals surface area contributed by atoms with Gasteiger partial charge in [0.1, 0.15) is 0 Å². The van der Waals surface area contributed by atoms with E-state index in [0.717, 1.165) is 26.1 Å². The van der Waals surface area contributed by atoms with Crippen LogP contribution in [0.5, 0.6) is 0 Å². The molecule has 0 aliphatic carbocycles. The first-order valence-corrected chi connectivity index (χ1v) is 9.43. The zero-order valence-corrected chi connectivity index (χ0v) is 16.2. The highest BCUT2D eigenvalue weighted by Crippen LogP contribution is 2.27. The van der Waals surface area contributed by atoms with Crippen LogP contribution in [0.1, 0.15) is 52.2 Å². The maximum Gasteiger partial charge on any atom is 0.0884 e. The number of rotatable bonds is 7. The van der Waals surface area contributed by atoms with Crippen molar-refractivity contribution in [1.82, 2.24) is 4.90 Å². The number of morpholine rings is 1. The Labute approximate surface area is 148 Å². The molecule has 0 saturated carbocycles. The van der Waals surface area contributed by atoms with Gasteiger partial charge in [-0.1, -0.05) is 58.0 Å². The first-order valence-electron chi connectivity index (χ1n) is 9.43. The van der Waals surface area contributed by atoms with Gasteiger partial charge in [-0.2, -0.15) is 0 Å². The van der Waals surface area contributed by atoms with Crippen molar-refractivity contribution in [3.8, 4) is 0 Å². The molecule has 0 amide bonds. The number of benzene rings is 1. The molecule has 3 unspecified atom stereocenters. The molecule has 1 heterocycles. The second-order valence-corrected chi connectivity index (χ2v) is 8.18. The molecule has 0 spiro atoms. The van der Waals surface area contributed by atoms with Gasteiger partial charge in [0.05, 0.1) is 12.2 Å². The minimum absolute atomic E-state index is 0.177. The Kier molecular flexibility index (Phi) is 6.65. The van der Waals surface area contributed by atoms with Gasteiger partial charge in [0.25, 0.3) is 0 Å². The lowest BCUT2D eigenvalue weighted by atomic mass is 9.82. The van der Waals surface area contributed by atoms with Gasteiger partial charge in [0, 0.05) is 19.6 Å². The molecular weight excluding hydrogens is 294 g/mol. The molecule has 0 bridgehead atoms. The van der Waals surface area contributed by atoms with Gasteiger partial charge in [-0.05, 0) is 42.2 Å². The van der Waals surface area contributed by atoms with Crippen molar-refractivity contribution >= 4 is 0 Å². The zero-order valence-electron chi connectivity index (χ0n) is 16.2. The summed E-state index contributed by atoms with van der Waals surface area (Å²) >= 11 is 0. The van der Waals surface area contributed by atoms with E-state index in [-0.39, 0.29) is 11.5 Å². The van der Waals surface area contributed by atoms with Crippen LogP contribution in [0.3, 0.4) is 0 Å². The fraction of sp³-hybridized carbons (Fsp3) is 0.636. The highest BCUT2D eigenvalue weighted by Gasteiger charge is 2.24. The smallest absolute Gasteiger partial charge is 0.0884 e. The van der Waals surface area contributed by atoms with E-state index < -0.39 is 0 Å². The van der Waals surface area contributed by atoms with E-state index >= 15 is 0 Å². The van der Waals surface area contributed by atoms with Crippen molar-refractivity contribution in [2.75, 3.05) is 19.6 Å². The molecule has 1 fully saturated rings. The number of hydrogen-bond acceptors (Lipinski definition) is 2. The van der Waals surface area contributed by atoms with Crippen LogP contribution in [0.4, 0.5) is 0 Å². The van der Waals surface area contributed by atoms with Crippen LogP contribution in [-0.4, -0.2) is 36.7 Å². The Morgan fingerprint density at radius 3 is 2.54 bits per heavy atom. The molecule has 1 saturated heterocycles. The summed E-state index contributed by atoms with van der Waals surface area (Å²) in [6.45, 7) is 18.4. The van der Waals surface area contributed by atoms with E-state index in [4.69, 9.17) is 4.74 Å². The van der Waals surface area contributed by atoms with Crippen molar-refractivity contribution in [2.45, 2.75) is 65.1 Å². The highest BCUT2D eigenvalue weighted by molar-refractivity contribution is 5.28. The second kappa shape index (κ2) is 8.31. The lowest BCUT2D eigenvalue weighted by molar-refractivity contribution is -0.0580. The number of nitrogens with zero attached hydrogens (tertiary/aromatic N) is 1. The molecule has 1 aromatic carbocycles. The zero-order chi connectivity index (χ0) is 17.7. The van der Waals surface area contributed by atoms with E-state index in [1.54, 1.807) is 0 Å². The van der Waals surface area contributed by atoms with E-state index in [1.807, 2.05) is 6.08 Å². The first kappa shape index (κ1) is 19.2. The molecular formula is C22H35NO. The van der Waals surface area contributed by atoms with E-state index in [9.17, 15) is 0 Å². The predicted octanol–water partition coefficient (Wildman–Crippen LogP) is 4.83. The summed E-state index contributed by atoms with van der Waals surface area (Å²) in [5.74, 6) is 0.644. The van der Waals surface area contributed by atoms with Crippen LogP contribution in [0.15, 0.2) is 36.9 Å². The van der Waals surface area contributed by atoms with Gasteiger partial charge in [-0.15, -0.1) is 6.58 Å². The molecule has 1 aromatic rings. The lowest BCUT2D eigenvalue weighted by Gasteiger charge is -2.36. The van der Waals surface area contributed by atoms with Gasteiger partial charge < -0.3 is 4.74 Å². The average molecular weight is 330 g/mol. The third-order valence-corrected chi connectivity index (χ3v) is 5.40. The Morgan fingerprint density at radius 2 is 1.96 bits per heavy atom. The molecule has 0 radical (unpaired) electrons. The van der Waals surface area contributed by atoms with Crippen molar-refractivity contribution in [2.24, 2.45) is 5.92 Å². The molecule has 24 heavy (non-hydrogen) atoms.